The van der Waals surface area contributed by atoms with Crippen LogP contribution in [0.15, 0.2) is 24.5 Å². The number of rotatable bonds is 2. The highest BCUT2D eigenvalue weighted by molar-refractivity contribution is 5.90. The van der Waals surface area contributed by atoms with Crippen LogP contribution in [0, 0.1) is 0 Å². The minimum atomic E-state index is 0.0204. The van der Waals surface area contributed by atoms with Gasteiger partial charge in [0.1, 0.15) is 0 Å². The van der Waals surface area contributed by atoms with E-state index in [1.165, 1.54) is 0 Å². The molecule has 0 unspecified atom stereocenters. The van der Waals surface area contributed by atoms with Crippen LogP contribution in [0.4, 0.5) is 0 Å². The second kappa shape index (κ2) is 4.21. The van der Waals surface area contributed by atoms with Crippen molar-refractivity contribution in [3.8, 4) is 0 Å². The van der Waals surface area contributed by atoms with Crippen molar-refractivity contribution < 1.29 is 9.59 Å². The standard InChI is InChI=1S/C11H12N2O2/c14-10-3-6-13(8-10)11(15)7-9-1-4-12-5-2-9/h1-2,4-5H,3,6-8H2. The highest BCUT2D eigenvalue weighted by Crippen LogP contribution is 2.07. The number of aromatic nitrogens is 1. The largest absolute Gasteiger partial charge is 0.335 e. The SMILES string of the molecule is O=C1CCN(C(=O)Cc2ccncc2)C1. The number of ketones is 1. The van der Waals surface area contributed by atoms with Crippen LogP contribution in [0.1, 0.15) is 12.0 Å². The minimum Gasteiger partial charge on any atom is -0.335 e. The molecule has 1 aliphatic heterocycles. The van der Waals surface area contributed by atoms with Gasteiger partial charge in [-0.25, -0.2) is 0 Å². The summed E-state index contributed by atoms with van der Waals surface area (Å²) in [6, 6.07) is 3.63. The Morgan fingerprint density at radius 3 is 2.73 bits per heavy atom. The van der Waals surface area contributed by atoms with Crippen molar-refractivity contribution in [3.05, 3.63) is 30.1 Å². The molecule has 0 bridgehead atoms. The van der Waals surface area contributed by atoms with E-state index < -0.39 is 0 Å². The van der Waals surface area contributed by atoms with Gasteiger partial charge in [-0.2, -0.15) is 0 Å². The fraction of sp³-hybridized carbons (Fsp3) is 0.364. The number of carbonyl (C=O) groups is 2. The molecule has 4 nitrogen and oxygen atoms in total. The maximum atomic E-state index is 11.7. The van der Waals surface area contributed by atoms with Crippen molar-refractivity contribution in [2.24, 2.45) is 0 Å². The van der Waals surface area contributed by atoms with Crippen LogP contribution in [-0.2, 0) is 16.0 Å². The van der Waals surface area contributed by atoms with Crippen molar-refractivity contribution >= 4 is 11.7 Å². The number of likely N-dealkylation sites (tertiary alicyclic amines) is 1. The molecular formula is C11H12N2O2. The third-order valence-corrected chi connectivity index (χ3v) is 2.49. The molecule has 78 valence electrons. The van der Waals surface area contributed by atoms with Crippen LogP contribution in [0.25, 0.3) is 0 Å². The number of carbonyl (C=O) groups excluding carboxylic acids is 2. The van der Waals surface area contributed by atoms with Crippen molar-refractivity contribution in [1.82, 2.24) is 9.88 Å². The Hall–Kier alpha value is -1.71. The van der Waals surface area contributed by atoms with Gasteiger partial charge in [-0.15, -0.1) is 0 Å². The first-order chi connectivity index (χ1) is 7.25. The van der Waals surface area contributed by atoms with Crippen molar-refractivity contribution in [2.45, 2.75) is 12.8 Å². The Bertz CT molecular complexity index is 375. The van der Waals surface area contributed by atoms with Crippen LogP contribution in [0.2, 0.25) is 0 Å². The molecule has 1 fully saturated rings. The summed E-state index contributed by atoms with van der Waals surface area (Å²) < 4.78 is 0. The Kier molecular flexibility index (Phi) is 2.76. The lowest BCUT2D eigenvalue weighted by Crippen LogP contribution is -2.30. The Morgan fingerprint density at radius 2 is 2.13 bits per heavy atom. The summed E-state index contributed by atoms with van der Waals surface area (Å²) in [4.78, 5) is 28.2. The lowest BCUT2D eigenvalue weighted by molar-refractivity contribution is -0.131. The molecule has 1 aromatic heterocycles. The van der Waals surface area contributed by atoms with Crippen LogP contribution < -0.4 is 0 Å². The van der Waals surface area contributed by atoms with E-state index in [1.807, 2.05) is 12.1 Å². The Balaban J connectivity index is 1.96. The van der Waals surface area contributed by atoms with Crippen molar-refractivity contribution in [2.75, 3.05) is 13.1 Å². The fourth-order valence-electron chi connectivity index (χ4n) is 1.63. The summed E-state index contributed by atoms with van der Waals surface area (Å²) in [6.07, 6.45) is 4.19. The number of nitrogens with zero attached hydrogens (tertiary/aromatic N) is 2. The van der Waals surface area contributed by atoms with E-state index in [4.69, 9.17) is 0 Å². The molecule has 0 radical (unpaired) electrons. The topological polar surface area (TPSA) is 50.3 Å². The molecule has 1 aliphatic rings. The first-order valence-corrected chi connectivity index (χ1v) is 4.94. The first kappa shape index (κ1) is 9.83. The molecule has 0 saturated carbocycles. The van der Waals surface area contributed by atoms with E-state index >= 15 is 0 Å². The fourth-order valence-corrected chi connectivity index (χ4v) is 1.63. The van der Waals surface area contributed by atoms with Gasteiger partial charge in [-0.3, -0.25) is 14.6 Å². The summed E-state index contributed by atoms with van der Waals surface area (Å²) in [5, 5.41) is 0. The van der Waals surface area contributed by atoms with Gasteiger partial charge in [0.05, 0.1) is 13.0 Å². The number of hydrogen-bond donors (Lipinski definition) is 0. The highest BCUT2D eigenvalue weighted by Gasteiger charge is 2.23. The Labute approximate surface area is 87.9 Å². The zero-order valence-corrected chi connectivity index (χ0v) is 8.35. The lowest BCUT2D eigenvalue weighted by Gasteiger charge is -2.13. The van der Waals surface area contributed by atoms with Crippen molar-refractivity contribution in [3.63, 3.8) is 0 Å². The van der Waals surface area contributed by atoms with E-state index in [-0.39, 0.29) is 18.2 Å². The predicted molar refractivity (Wildman–Crippen MR) is 54.1 cm³/mol. The molecule has 0 atom stereocenters. The van der Waals surface area contributed by atoms with E-state index in [2.05, 4.69) is 4.98 Å². The molecule has 1 saturated heterocycles. The van der Waals surface area contributed by atoms with E-state index in [0.29, 0.717) is 19.4 Å². The predicted octanol–water partition coefficient (Wildman–Crippen LogP) is 0.425. The van der Waals surface area contributed by atoms with Crippen LogP contribution >= 0.6 is 0 Å². The average Bonchev–Trinajstić information content (AvgIpc) is 2.66. The number of amides is 1. The molecule has 15 heavy (non-hydrogen) atoms. The molecular weight excluding hydrogens is 192 g/mol. The van der Waals surface area contributed by atoms with E-state index in [9.17, 15) is 9.59 Å². The number of pyridine rings is 1. The second-order valence-electron chi connectivity index (χ2n) is 3.64. The maximum Gasteiger partial charge on any atom is 0.227 e. The zero-order valence-electron chi connectivity index (χ0n) is 8.35. The van der Waals surface area contributed by atoms with Crippen molar-refractivity contribution in [1.29, 1.82) is 0 Å². The molecule has 2 heterocycles. The minimum absolute atomic E-state index is 0.0204. The zero-order chi connectivity index (χ0) is 10.7. The molecule has 4 heteroatoms. The summed E-state index contributed by atoms with van der Waals surface area (Å²) in [5.41, 5.74) is 0.939. The first-order valence-electron chi connectivity index (χ1n) is 4.94. The van der Waals surface area contributed by atoms with Gasteiger partial charge in [0, 0.05) is 25.4 Å². The van der Waals surface area contributed by atoms with Gasteiger partial charge < -0.3 is 4.90 Å². The summed E-state index contributed by atoms with van der Waals surface area (Å²) in [6.45, 7) is 0.854. The van der Waals surface area contributed by atoms with E-state index in [1.54, 1.807) is 17.3 Å². The second-order valence-corrected chi connectivity index (χ2v) is 3.64. The molecule has 0 aliphatic carbocycles. The van der Waals surface area contributed by atoms with Gasteiger partial charge >= 0.3 is 0 Å². The van der Waals surface area contributed by atoms with Gasteiger partial charge in [0.15, 0.2) is 5.78 Å². The van der Waals surface area contributed by atoms with Crippen LogP contribution in [0.3, 0.4) is 0 Å². The Morgan fingerprint density at radius 1 is 1.40 bits per heavy atom. The molecule has 2 rings (SSSR count). The summed E-state index contributed by atoms with van der Waals surface area (Å²) >= 11 is 0. The summed E-state index contributed by atoms with van der Waals surface area (Å²) in [5.74, 6) is 0.171. The van der Waals surface area contributed by atoms with Crippen LogP contribution in [-0.4, -0.2) is 34.7 Å². The average molecular weight is 204 g/mol. The number of Topliss-reactive ketones (excluding diaryl/α,β-unsaturated/α-hetero) is 1. The highest BCUT2D eigenvalue weighted by atomic mass is 16.2. The monoisotopic (exact) mass is 204 g/mol. The maximum absolute atomic E-state index is 11.7. The molecule has 0 N–H and O–H groups in total. The molecule has 1 amide bonds. The molecule has 0 aromatic carbocycles. The van der Waals surface area contributed by atoms with Crippen LogP contribution in [0.5, 0.6) is 0 Å². The summed E-state index contributed by atoms with van der Waals surface area (Å²) in [7, 11) is 0. The number of hydrogen-bond acceptors (Lipinski definition) is 3. The molecule has 1 aromatic rings. The van der Waals surface area contributed by atoms with E-state index in [0.717, 1.165) is 5.56 Å². The normalized spacial score (nSPS) is 15.7. The van der Waals surface area contributed by atoms with Gasteiger partial charge in [0.25, 0.3) is 0 Å². The van der Waals surface area contributed by atoms with Gasteiger partial charge in [-0.1, -0.05) is 0 Å². The lowest BCUT2D eigenvalue weighted by atomic mass is 10.2. The quantitative estimate of drug-likeness (QED) is 0.701. The smallest absolute Gasteiger partial charge is 0.227 e. The van der Waals surface area contributed by atoms with Gasteiger partial charge in [0.2, 0.25) is 5.91 Å². The molecule has 0 spiro atoms. The third kappa shape index (κ3) is 2.40. The van der Waals surface area contributed by atoms with Gasteiger partial charge in [-0.05, 0) is 17.7 Å². The third-order valence-electron chi connectivity index (χ3n) is 2.49.